The standard InChI is InChI=1S/C20H20FN5O2S/c1-3-26-16(24-25-20(26)29)11-22-18(27)14-9-6-7-12(2)17(14)23-19(28)13-8-4-5-10-15(13)21/h4-10H,3,11H2,1-2H3,(H,22,27)(H,23,28)(H,25,29). The summed E-state index contributed by atoms with van der Waals surface area (Å²) in [5.41, 5.74) is 1.18. The Kier molecular flexibility index (Phi) is 6.18. The number of aryl methyl sites for hydroxylation is 1. The van der Waals surface area contributed by atoms with Crippen LogP contribution in [0.1, 0.15) is 39.0 Å². The molecule has 1 heterocycles. The third-order valence-electron chi connectivity index (χ3n) is 4.44. The number of halogens is 1. The van der Waals surface area contributed by atoms with E-state index in [2.05, 4.69) is 20.8 Å². The third kappa shape index (κ3) is 4.40. The molecule has 0 spiro atoms. The van der Waals surface area contributed by atoms with E-state index in [0.717, 1.165) is 0 Å². The Morgan fingerprint density at radius 2 is 1.86 bits per heavy atom. The number of para-hydroxylation sites is 1. The maximum atomic E-state index is 13.9. The number of aromatic amines is 1. The molecule has 0 aliphatic rings. The van der Waals surface area contributed by atoms with Crippen molar-refractivity contribution in [2.75, 3.05) is 5.32 Å². The molecule has 0 fully saturated rings. The molecule has 0 saturated carbocycles. The normalized spacial score (nSPS) is 10.6. The van der Waals surface area contributed by atoms with Gasteiger partial charge in [0.25, 0.3) is 11.8 Å². The van der Waals surface area contributed by atoms with Crippen molar-refractivity contribution in [1.82, 2.24) is 20.1 Å². The molecule has 29 heavy (non-hydrogen) atoms. The summed E-state index contributed by atoms with van der Waals surface area (Å²) in [6, 6.07) is 10.7. The Labute approximate surface area is 172 Å². The van der Waals surface area contributed by atoms with Crippen molar-refractivity contribution >= 4 is 29.7 Å². The van der Waals surface area contributed by atoms with E-state index in [1.165, 1.54) is 18.2 Å². The topological polar surface area (TPSA) is 91.8 Å². The molecule has 2 aromatic carbocycles. The largest absolute Gasteiger partial charge is 0.345 e. The SMILES string of the molecule is CCn1c(CNC(=O)c2cccc(C)c2NC(=O)c2ccccc2F)n[nH]c1=S. The van der Waals surface area contributed by atoms with E-state index in [-0.39, 0.29) is 17.7 Å². The van der Waals surface area contributed by atoms with Gasteiger partial charge in [-0.3, -0.25) is 14.7 Å². The lowest BCUT2D eigenvalue weighted by atomic mass is 10.1. The maximum Gasteiger partial charge on any atom is 0.258 e. The predicted molar refractivity (Wildman–Crippen MR) is 110 cm³/mol. The number of amides is 2. The lowest BCUT2D eigenvalue weighted by Gasteiger charge is -2.14. The summed E-state index contributed by atoms with van der Waals surface area (Å²) in [6.45, 7) is 4.47. The second kappa shape index (κ2) is 8.78. The smallest absolute Gasteiger partial charge is 0.258 e. The van der Waals surface area contributed by atoms with Gasteiger partial charge in [0.1, 0.15) is 5.82 Å². The Bertz CT molecular complexity index is 1120. The average Bonchev–Trinajstić information content (AvgIpc) is 3.07. The van der Waals surface area contributed by atoms with Gasteiger partial charge in [0.05, 0.1) is 23.4 Å². The maximum absolute atomic E-state index is 13.9. The van der Waals surface area contributed by atoms with Crippen LogP contribution < -0.4 is 10.6 Å². The Morgan fingerprint density at radius 3 is 2.59 bits per heavy atom. The van der Waals surface area contributed by atoms with Crippen LogP contribution in [-0.4, -0.2) is 26.6 Å². The Hall–Kier alpha value is -3.33. The fraction of sp³-hybridized carbons (Fsp3) is 0.200. The third-order valence-corrected chi connectivity index (χ3v) is 4.75. The first-order valence-corrected chi connectivity index (χ1v) is 9.41. The second-order valence-corrected chi connectivity index (χ2v) is 6.69. The number of hydrogen-bond acceptors (Lipinski definition) is 4. The van der Waals surface area contributed by atoms with Crippen LogP contribution in [0.25, 0.3) is 0 Å². The summed E-state index contributed by atoms with van der Waals surface area (Å²) in [6.07, 6.45) is 0. The molecule has 150 valence electrons. The number of H-pyrrole nitrogens is 1. The summed E-state index contributed by atoms with van der Waals surface area (Å²) >= 11 is 5.14. The zero-order valence-electron chi connectivity index (χ0n) is 16.0. The molecule has 1 aromatic heterocycles. The molecule has 0 bridgehead atoms. The van der Waals surface area contributed by atoms with Crippen LogP contribution in [0.5, 0.6) is 0 Å². The fourth-order valence-corrected chi connectivity index (χ4v) is 3.20. The lowest BCUT2D eigenvalue weighted by Crippen LogP contribution is -2.27. The van der Waals surface area contributed by atoms with Crippen LogP contribution in [0.3, 0.4) is 0 Å². The van der Waals surface area contributed by atoms with Gasteiger partial charge in [-0.25, -0.2) is 4.39 Å². The highest BCUT2D eigenvalue weighted by Crippen LogP contribution is 2.22. The fourth-order valence-electron chi connectivity index (χ4n) is 2.92. The summed E-state index contributed by atoms with van der Waals surface area (Å²) in [4.78, 5) is 25.3. The van der Waals surface area contributed by atoms with Gasteiger partial charge in [-0.1, -0.05) is 24.3 Å². The second-order valence-electron chi connectivity index (χ2n) is 6.30. The predicted octanol–water partition coefficient (Wildman–Crippen LogP) is 3.59. The first-order valence-electron chi connectivity index (χ1n) is 9.00. The van der Waals surface area contributed by atoms with Crippen molar-refractivity contribution < 1.29 is 14.0 Å². The monoisotopic (exact) mass is 413 g/mol. The van der Waals surface area contributed by atoms with E-state index in [1.54, 1.807) is 35.8 Å². The molecule has 7 nitrogen and oxygen atoms in total. The molecule has 9 heteroatoms. The van der Waals surface area contributed by atoms with Gasteiger partial charge in [-0.15, -0.1) is 0 Å². The lowest BCUT2D eigenvalue weighted by molar-refractivity contribution is 0.0950. The van der Waals surface area contributed by atoms with Crippen molar-refractivity contribution in [1.29, 1.82) is 0 Å². The van der Waals surface area contributed by atoms with Gasteiger partial charge < -0.3 is 15.2 Å². The minimum Gasteiger partial charge on any atom is -0.345 e. The molecule has 3 aromatic rings. The highest BCUT2D eigenvalue weighted by molar-refractivity contribution is 7.71. The molecular formula is C20H20FN5O2S. The van der Waals surface area contributed by atoms with Crippen LogP contribution in [0.2, 0.25) is 0 Å². The molecule has 0 saturated heterocycles. The number of benzene rings is 2. The van der Waals surface area contributed by atoms with Gasteiger partial charge in [0, 0.05) is 6.54 Å². The first-order chi connectivity index (χ1) is 13.9. The molecular weight excluding hydrogens is 393 g/mol. The van der Waals surface area contributed by atoms with Gasteiger partial charge in [0.2, 0.25) is 0 Å². The van der Waals surface area contributed by atoms with Crippen LogP contribution in [0, 0.1) is 17.5 Å². The number of nitrogens with zero attached hydrogens (tertiary/aromatic N) is 2. The minimum absolute atomic E-state index is 0.0967. The van der Waals surface area contributed by atoms with Gasteiger partial charge in [0.15, 0.2) is 10.6 Å². The van der Waals surface area contributed by atoms with Crippen LogP contribution >= 0.6 is 12.2 Å². The van der Waals surface area contributed by atoms with E-state index in [1.807, 2.05) is 6.92 Å². The number of carbonyl (C=O) groups excluding carboxylic acids is 2. The van der Waals surface area contributed by atoms with Crippen LogP contribution in [0.15, 0.2) is 42.5 Å². The molecule has 0 aliphatic carbocycles. The number of carbonyl (C=O) groups is 2. The Balaban J connectivity index is 1.82. The molecule has 0 radical (unpaired) electrons. The van der Waals surface area contributed by atoms with Crippen LogP contribution in [0.4, 0.5) is 10.1 Å². The number of anilines is 1. The van der Waals surface area contributed by atoms with Gasteiger partial charge in [-0.2, -0.15) is 5.10 Å². The van der Waals surface area contributed by atoms with Gasteiger partial charge >= 0.3 is 0 Å². The highest BCUT2D eigenvalue weighted by Gasteiger charge is 2.18. The first kappa shape index (κ1) is 20.4. The van der Waals surface area contributed by atoms with Crippen molar-refractivity contribution in [3.05, 3.63) is 75.6 Å². The summed E-state index contributed by atoms with van der Waals surface area (Å²) in [5.74, 6) is -1.06. The van der Waals surface area contributed by atoms with E-state index in [9.17, 15) is 14.0 Å². The molecule has 0 atom stereocenters. The number of hydrogen-bond donors (Lipinski definition) is 3. The zero-order valence-corrected chi connectivity index (χ0v) is 16.8. The molecule has 2 amide bonds. The highest BCUT2D eigenvalue weighted by atomic mass is 32.1. The zero-order chi connectivity index (χ0) is 21.0. The van der Waals surface area contributed by atoms with E-state index >= 15 is 0 Å². The van der Waals surface area contributed by atoms with E-state index in [4.69, 9.17) is 12.2 Å². The van der Waals surface area contributed by atoms with Gasteiger partial charge in [-0.05, 0) is 49.8 Å². The molecule has 0 unspecified atom stereocenters. The van der Waals surface area contributed by atoms with E-state index in [0.29, 0.717) is 28.4 Å². The Morgan fingerprint density at radius 1 is 1.14 bits per heavy atom. The summed E-state index contributed by atoms with van der Waals surface area (Å²) in [5, 5.41) is 12.2. The van der Waals surface area contributed by atoms with Crippen molar-refractivity contribution in [3.63, 3.8) is 0 Å². The summed E-state index contributed by atoms with van der Waals surface area (Å²) in [7, 11) is 0. The average molecular weight is 413 g/mol. The number of nitrogens with one attached hydrogen (secondary N) is 3. The number of rotatable bonds is 6. The van der Waals surface area contributed by atoms with Crippen molar-refractivity contribution in [2.24, 2.45) is 0 Å². The molecule has 3 N–H and O–H groups in total. The molecule has 3 rings (SSSR count). The van der Waals surface area contributed by atoms with E-state index < -0.39 is 17.6 Å². The quantitative estimate of drug-likeness (QED) is 0.539. The minimum atomic E-state index is -0.632. The number of aromatic nitrogens is 3. The van der Waals surface area contributed by atoms with Crippen molar-refractivity contribution in [3.8, 4) is 0 Å². The molecule has 0 aliphatic heterocycles. The summed E-state index contributed by atoms with van der Waals surface area (Å²) < 4.78 is 16.2. The van der Waals surface area contributed by atoms with Crippen LogP contribution in [-0.2, 0) is 13.1 Å². The van der Waals surface area contributed by atoms with Crippen molar-refractivity contribution in [2.45, 2.75) is 26.9 Å².